The molecule has 0 saturated carbocycles. The molecule has 0 aliphatic rings. The Balaban J connectivity index is -0.000000245. The molecule has 0 heterocycles. The number of nitrogens with two attached hydrogens (primary N) is 2. The van der Waals surface area contributed by atoms with Gasteiger partial charge in [0.05, 0.1) is 0 Å². The van der Waals surface area contributed by atoms with E-state index in [4.69, 9.17) is 16.9 Å². The zero-order chi connectivity index (χ0) is 6.41. The minimum atomic E-state index is 0. The van der Waals surface area contributed by atoms with Crippen molar-refractivity contribution in [2.75, 3.05) is 12.3 Å². The molecule has 0 rings (SSSR count). The highest BCUT2D eigenvalue weighted by atomic mass is 79.9. The van der Waals surface area contributed by atoms with Crippen molar-refractivity contribution in [1.82, 2.24) is 0 Å². The lowest BCUT2D eigenvalue weighted by molar-refractivity contribution is 0.945. The minimum Gasteiger partial charge on any atom is -0.379 e. The lowest BCUT2D eigenvalue weighted by Gasteiger charge is -1.93. The number of amidine groups is 1. The zero-order valence-electron chi connectivity index (χ0n) is 5.50. The third-order valence-electron chi connectivity index (χ3n) is 0.606. The predicted molar refractivity (Wildman–Crippen MR) is 58.7 cm³/mol. The van der Waals surface area contributed by atoms with Crippen LogP contribution in [0, 0.1) is 5.41 Å². The van der Waals surface area contributed by atoms with Gasteiger partial charge in [0.25, 0.3) is 0 Å². The van der Waals surface area contributed by atoms with Crippen molar-refractivity contribution in [3.8, 4) is 0 Å². The van der Waals surface area contributed by atoms with Crippen molar-refractivity contribution in [3.05, 3.63) is 0 Å². The van der Waals surface area contributed by atoms with Crippen LogP contribution < -0.4 is 11.5 Å². The lowest BCUT2D eigenvalue weighted by Crippen LogP contribution is -2.06. The number of hydrogen-bond acceptors (Lipinski definition) is 3. The van der Waals surface area contributed by atoms with Gasteiger partial charge in [-0.3, -0.25) is 5.41 Å². The van der Waals surface area contributed by atoms with Crippen LogP contribution in [-0.4, -0.2) is 17.5 Å². The Hall–Kier alpha value is 0.740. The molecule has 64 valence electrons. The largest absolute Gasteiger partial charge is 0.379 e. The minimum absolute atomic E-state index is 0. The molecular weight excluding hydrogens is 282 g/mol. The lowest BCUT2D eigenvalue weighted by atomic mass is 10.5. The van der Waals surface area contributed by atoms with Crippen LogP contribution in [0.25, 0.3) is 0 Å². The Kier molecular flexibility index (Phi) is 21.1. The fourth-order valence-corrected chi connectivity index (χ4v) is 0.796. The summed E-state index contributed by atoms with van der Waals surface area (Å²) in [7, 11) is 0. The van der Waals surface area contributed by atoms with Gasteiger partial charge in [-0.15, -0.1) is 34.0 Å². The second kappa shape index (κ2) is 12.4. The second-order valence-corrected chi connectivity index (χ2v) is 2.49. The Morgan fingerprint density at radius 3 is 2.20 bits per heavy atom. The molecule has 0 aromatic heterocycles. The van der Waals surface area contributed by atoms with Crippen molar-refractivity contribution in [3.63, 3.8) is 0 Å². The smallest absolute Gasteiger partial charge is 0.151 e. The summed E-state index contributed by atoms with van der Waals surface area (Å²) in [6, 6.07) is 0. The SMILES string of the molecule is Br.Br.N=C(N)SCCCN. The predicted octanol–water partition coefficient (Wildman–Crippen LogP) is 1.12. The summed E-state index contributed by atoms with van der Waals surface area (Å²) >= 11 is 1.34. The summed E-state index contributed by atoms with van der Waals surface area (Å²) < 4.78 is 0. The van der Waals surface area contributed by atoms with E-state index in [1.54, 1.807) is 0 Å². The number of rotatable bonds is 3. The molecule has 10 heavy (non-hydrogen) atoms. The summed E-state index contributed by atoms with van der Waals surface area (Å²) in [5.41, 5.74) is 10.2. The molecule has 0 atom stereocenters. The molecule has 0 saturated heterocycles. The van der Waals surface area contributed by atoms with Crippen LogP contribution >= 0.6 is 45.7 Å². The highest BCUT2D eigenvalue weighted by Gasteiger charge is 1.87. The highest BCUT2D eigenvalue weighted by Crippen LogP contribution is 1.97. The first-order valence-electron chi connectivity index (χ1n) is 2.44. The maximum Gasteiger partial charge on any atom is 0.151 e. The van der Waals surface area contributed by atoms with Crippen LogP contribution in [0.2, 0.25) is 0 Å². The van der Waals surface area contributed by atoms with Crippen molar-refractivity contribution in [2.24, 2.45) is 11.5 Å². The van der Waals surface area contributed by atoms with Gasteiger partial charge < -0.3 is 11.5 Å². The van der Waals surface area contributed by atoms with Crippen LogP contribution in [0.4, 0.5) is 0 Å². The van der Waals surface area contributed by atoms with Crippen molar-refractivity contribution in [2.45, 2.75) is 6.42 Å². The monoisotopic (exact) mass is 293 g/mol. The van der Waals surface area contributed by atoms with E-state index in [0.717, 1.165) is 12.2 Å². The molecule has 0 radical (unpaired) electrons. The first kappa shape index (κ1) is 17.0. The molecule has 3 nitrogen and oxygen atoms in total. The molecule has 0 bridgehead atoms. The van der Waals surface area contributed by atoms with E-state index in [0.29, 0.717) is 6.54 Å². The number of nitrogens with one attached hydrogen (secondary N) is 1. The number of halogens is 2. The quantitative estimate of drug-likeness (QED) is 0.415. The maximum atomic E-state index is 6.77. The van der Waals surface area contributed by atoms with Crippen LogP contribution in [0.5, 0.6) is 0 Å². The Morgan fingerprint density at radius 1 is 1.40 bits per heavy atom. The van der Waals surface area contributed by atoms with E-state index < -0.39 is 0 Å². The molecule has 0 aliphatic carbocycles. The Morgan fingerprint density at radius 2 is 1.90 bits per heavy atom. The van der Waals surface area contributed by atoms with Crippen LogP contribution in [-0.2, 0) is 0 Å². The van der Waals surface area contributed by atoms with E-state index in [1.807, 2.05) is 0 Å². The standard InChI is InChI=1S/C4H11N3S.2BrH/c5-2-1-3-8-4(6)7;;/h1-3,5H2,(H3,6,7);2*1H. The highest BCUT2D eigenvalue weighted by molar-refractivity contribution is 8.93. The van der Waals surface area contributed by atoms with Gasteiger partial charge in [0, 0.05) is 5.75 Å². The number of thioether (sulfide) groups is 1. The third kappa shape index (κ3) is 15.9. The summed E-state index contributed by atoms with van der Waals surface area (Å²) in [5.74, 6) is 0.867. The van der Waals surface area contributed by atoms with Crippen molar-refractivity contribution >= 4 is 50.9 Å². The molecule has 6 heteroatoms. The second-order valence-electron chi connectivity index (χ2n) is 1.35. The topological polar surface area (TPSA) is 75.9 Å². The van der Waals surface area contributed by atoms with Gasteiger partial charge in [-0.05, 0) is 13.0 Å². The summed E-state index contributed by atoms with van der Waals surface area (Å²) in [5, 5.41) is 6.95. The van der Waals surface area contributed by atoms with Gasteiger partial charge in [-0.2, -0.15) is 0 Å². The van der Waals surface area contributed by atoms with Gasteiger partial charge in [0.1, 0.15) is 0 Å². The van der Waals surface area contributed by atoms with Gasteiger partial charge in [-0.25, -0.2) is 0 Å². The summed E-state index contributed by atoms with van der Waals surface area (Å²) in [6.45, 7) is 0.681. The Bertz CT molecular complexity index is 80.9. The normalized spacial score (nSPS) is 7.30. The summed E-state index contributed by atoms with van der Waals surface area (Å²) in [4.78, 5) is 0. The zero-order valence-corrected chi connectivity index (χ0v) is 9.74. The summed E-state index contributed by atoms with van der Waals surface area (Å²) in [6.07, 6.45) is 0.935. The van der Waals surface area contributed by atoms with Crippen LogP contribution in [0.3, 0.4) is 0 Å². The van der Waals surface area contributed by atoms with E-state index in [1.165, 1.54) is 11.8 Å². The van der Waals surface area contributed by atoms with Gasteiger partial charge in [0.15, 0.2) is 5.17 Å². The van der Waals surface area contributed by atoms with Crippen molar-refractivity contribution in [1.29, 1.82) is 5.41 Å². The molecule has 0 aliphatic heterocycles. The van der Waals surface area contributed by atoms with Gasteiger partial charge >= 0.3 is 0 Å². The van der Waals surface area contributed by atoms with Crippen LogP contribution in [0.15, 0.2) is 0 Å². The molecular formula is C4H13Br2N3S. The van der Waals surface area contributed by atoms with E-state index in [-0.39, 0.29) is 39.1 Å². The van der Waals surface area contributed by atoms with E-state index >= 15 is 0 Å². The molecule has 0 fully saturated rings. The third-order valence-corrected chi connectivity index (χ3v) is 1.41. The van der Waals surface area contributed by atoms with E-state index in [9.17, 15) is 0 Å². The molecule has 0 aromatic carbocycles. The molecule has 0 aromatic rings. The fraction of sp³-hybridized carbons (Fsp3) is 0.750. The number of hydrogen-bond donors (Lipinski definition) is 3. The first-order valence-corrected chi connectivity index (χ1v) is 3.43. The molecule has 0 unspecified atom stereocenters. The average molecular weight is 295 g/mol. The van der Waals surface area contributed by atoms with Crippen LogP contribution in [0.1, 0.15) is 6.42 Å². The first-order chi connectivity index (χ1) is 3.77. The van der Waals surface area contributed by atoms with Gasteiger partial charge in [-0.1, -0.05) is 11.8 Å². The Labute approximate surface area is 86.3 Å². The van der Waals surface area contributed by atoms with Crippen molar-refractivity contribution < 1.29 is 0 Å². The average Bonchev–Trinajstić information content (AvgIpc) is 1.66. The maximum absolute atomic E-state index is 6.77. The fourth-order valence-electron chi connectivity index (χ4n) is 0.265. The molecule has 5 N–H and O–H groups in total. The molecule has 0 spiro atoms. The van der Waals surface area contributed by atoms with Gasteiger partial charge in [0.2, 0.25) is 0 Å². The van der Waals surface area contributed by atoms with E-state index in [2.05, 4.69) is 0 Å². The molecule has 0 amide bonds.